The average Bonchev–Trinajstić information content (AvgIpc) is 2.78. The normalized spacial score (nSPS) is 17.4. The van der Waals surface area contributed by atoms with Gasteiger partial charge in [-0.3, -0.25) is 0 Å². The molecule has 2 aromatic rings. The standard InChI is InChI=1S/C15H21N3O3S2/c1-11-5-6-12(21-2)13-14(11)22-15(16-13)17-7-4-8-18(10-9-17)23(3,19)20/h5-6H,4,7-10H2,1-3H3. The molecule has 0 unspecified atom stereocenters. The molecule has 3 rings (SSSR count). The number of thiazole rings is 1. The van der Waals surface area contributed by atoms with Gasteiger partial charge in [0.05, 0.1) is 18.1 Å². The summed E-state index contributed by atoms with van der Waals surface area (Å²) in [5.74, 6) is 0.778. The van der Waals surface area contributed by atoms with Gasteiger partial charge in [0.25, 0.3) is 0 Å². The van der Waals surface area contributed by atoms with E-state index in [1.54, 1.807) is 22.8 Å². The maximum absolute atomic E-state index is 11.7. The Bertz CT molecular complexity index is 817. The molecule has 1 aromatic heterocycles. The van der Waals surface area contributed by atoms with Crippen LogP contribution in [0.2, 0.25) is 0 Å². The zero-order chi connectivity index (χ0) is 16.6. The molecule has 1 saturated heterocycles. The zero-order valence-electron chi connectivity index (χ0n) is 13.6. The number of hydrogen-bond donors (Lipinski definition) is 0. The molecule has 0 bridgehead atoms. The minimum atomic E-state index is -3.13. The lowest BCUT2D eigenvalue weighted by atomic mass is 10.2. The van der Waals surface area contributed by atoms with Gasteiger partial charge in [-0.2, -0.15) is 0 Å². The van der Waals surface area contributed by atoms with Crippen molar-refractivity contribution in [1.29, 1.82) is 0 Å². The molecule has 126 valence electrons. The zero-order valence-corrected chi connectivity index (χ0v) is 15.2. The number of fused-ring (bicyclic) bond motifs is 1. The Morgan fingerprint density at radius 2 is 2.00 bits per heavy atom. The minimum absolute atomic E-state index is 0.505. The van der Waals surface area contributed by atoms with Crippen molar-refractivity contribution in [2.45, 2.75) is 13.3 Å². The quantitative estimate of drug-likeness (QED) is 0.844. The second kappa shape index (κ2) is 6.26. The van der Waals surface area contributed by atoms with Crippen molar-refractivity contribution in [3.63, 3.8) is 0 Å². The first-order valence-electron chi connectivity index (χ1n) is 7.54. The van der Waals surface area contributed by atoms with Gasteiger partial charge >= 0.3 is 0 Å². The Balaban J connectivity index is 1.90. The lowest BCUT2D eigenvalue weighted by molar-refractivity contribution is 0.419. The van der Waals surface area contributed by atoms with Gasteiger partial charge in [0, 0.05) is 26.2 Å². The van der Waals surface area contributed by atoms with Crippen LogP contribution in [0.25, 0.3) is 10.2 Å². The van der Waals surface area contributed by atoms with Crippen LogP contribution in [-0.2, 0) is 10.0 Å². The van der Waals surface area contributed by atoms with Gasteiger partial charge < -0.3 is 9.64 Å². The first-order valence-corrected chi connectivity index (χ1v) is 10.2. The molecule has 0 amide bonds. The van der Waals surface area contributed by atoms with E-state index < -0.39 is 10.0 Å². The van der Waals surface area contributed by atoms with Gasteiger partial charge in [0.1, 0.15) is 11.3 Å². The molecule has 8 heteroatoms. The van der Waals surface area contributed by atoms with Crippen molar-refractivity contribution in [3.8, 4) is 5.75 Å². The fourth-order valence-corrected chi connectivity index (χ4v) is 4.79. The van der Waals surface area contributed by atoms with Crippen LogP contribution in [0.5, 0.6) is 5.75 Å². The van der Waals surface area contributed by atoms with E-state index in [-0.39, 0.29) is 0 Å². The van der Waals surface area contributed by atoms with E-state index in [1.807, 2.05) is 12.1 Å². The number of anilines is 1. The Labute approximate surface area is 140 Å². The molecule has 0 atom stereocenters. The largest absolute Gasteiger partial charge is 0.494 e. The van der Waals surface area contributed by atoms with E-state index >= 15 is 0 Å². The van der Waals surface area contributed by atoms with Crippen LogP contribution in [-0.4, -0.2) is 57.3 Å². The number of ether oxygens (including phenoxy) is 1. The second-order valence-corrected chi connectivity index (χ2v) is 8.72. The fraction of sp³-hybridized carbons (Fsp3) is 0.533. The minimum Gasteiger partial charge on any atom is -0.494 e. The first-order chi connectivity index (χ1) is 10.9. The third kappa shape index (κ3) is 3.29. The summed E-state index contributed by atoms with van der Waals surface area (Å²) in [5, 5.41) is 0.933. The molecular weight excluding hydrogens is 334 g/mol. The van der Waals surface area contributed by atoms with Crippen molar-refractivity contribution in [3.05, 3.63) is 17.7 Å². The summed E-state index contributed by atoms with van der Waals surface area (Å²) in [6.07, 6.45) is 2.08. The van der Waals surface area contributed by atoms with Crippen molar-refractivity contribution in [1.82, 2.24) is 9.29 Å². The molecule has 0 aliphatic carbocycles. The molecule has 6 nitrogen and oxygen atoms in total. The number of nitrogens with zero attached hydrogens (tertiary/aromatic N) is 3. The summed E-state index contributed by atoms with van der Waals surface area (Å²) >= 11 is 1.64. The Morgan fingerprint density at radius 3 is 2.70 bits per heavy atom. The van der Waals surface area contributed by atoms with E-state index in [2.05, 4.69) is 11.8 Å². The van der Waals surface area contributed by atoms with Gasteiger partial charge in [-0.25, -0.2) is 17.7 Å². The third-order valence-corrected chi connectivity index (χ3v) is 6.66. The van der Waals surface area contributed by atoms with Crippen LogP contribution >= 0.6 is 11.3 Å². The number of hydrogen-bond acceptors (Lipinski definition) is 6. The summed E-state index contributed by atoms with van der Waals surface area (Å²) in [4.78, 5) is 6.92. The van der Waals surface area contributed by atoms with Gasteiger partial charge in [-0.15, -0.1) is 0 Å². The summed E-state index contributed by atoms with van der Waals surface area (Å²) in [6.45, 7) is 4.62. The van der Waals surface area contributed by atoms with Gasteiger partial charge in [0.2, 0.25) is 10.0 Å². The van der Waals surface area contributed by atoms with Crippen LogP contribution in [0, 0.1) is 6.92 Å². The van der Waals surface area contributed by atoms with Crippen molar-refractivity contribution in [2.24, 2.45) is 0 Å². The molecule has 0 N–H and O–H groups in total. The number of benzene rings is 1. The van der Waals surface area contributed by atoms with E-state index in [1.165, 1.54) is 11.8 Å². The highest BCUT2D eigenvalue weighted by Crippen LogP contribution is 2.36. The smallest absolute Gasteiger partial charge is 0.211 e. The number of sulfonamides is 1. The molecule has 2 heterocycles. The fourth-order valence-electron chi connectivity index (χ4n) is 2.82. The van der Waals surface area contributed by atoms with Gasteiger partial charge in [-0.05, 0) is 25.0 Å². The summed E-state index contributed by atoms with van der Waals surface area (Å²) in [7, 11) is -1.48. The highest BCUT2D eigenvalue weighted by atomic mass is 32.2. The highest BCUT2D eigenvalue weighted by molar-refractivity contribution is 7.88. The van der Waals surface area contributed by atoms with Gasteiger partial charge in [-0.1, -0.05) is 17.4 Å². The molecule has 0 radical (unpaired) electrons. The third-order valence-electron chi connectivity index (χ3n) is 4.11. The van der Waals surface area contributed by atoms with Crippen LogP contribution < -0.4 is 9.64 Å². The molecule has 1 aliphatic heterocycles. The predicted molar refractivity (Wildman–Crippen MR) is 94.2 cm³/mol. The topological polar surface area (TPSA) is 62.7 Å². The van der Waals surface area contributed by atoms with Crippen LogP contribution in [0.15, 0.2) is 12.1 Å². The van der Waals surface area contributed by atoms with Crippen molar-refractivity contribution < 1.29 is 13.2 Å². The SMILES string of the molecule is COc1ccc(C)c2sc(N3CCCN(S(C)(=O)=O)CC3)nc12. The van der Waals surface area contributed by atoms with Crippen LogP contribution in [0.4, 0.5) is 5.13 Å². The van der Waals surface area contributed by atoms with E-state index in [0.29, 0.717) is 19.6 Å². The predicted octanol–water partition coefficient (Wildman–Crippen LogP) is 2.09. The number of aromatic nitrogens is 1. The number of rotatable bonds is 3. The molecule has 1 aromatic carbocycles. The highest BCUT2D eigenvalue weighted by Gasteiger charge is 2.23. The van der Waals surface area contributed by atoms with Gasteiger partial charge in [0.15, 0.2) is 5.13 Å². The van der Waals surface area contributed by atoms with E-state index in [9.17, 15) is 8.42 Å². The lowest BCUT2D eigenvalue weighted by Crippen LogP contribution is -2.34. The summed E-state index contributed by atoms with van der Waals surface area (Å²) in [6, 6.07) is 3.98. The Morgan fingerprint density at radius 1 is 1.22 bits per heavy atom. The Kier molecular flexibility index (Phi) is 4.48. The molecule has 0 spiro atoms. The van der Waals surface area contributed by atoms with E-state index in [4.69, 9.17) is 9.72 Å². The lowest BCUT2D eigenvalue weighted by Gasteiger charge is -2.19. The average molecular weight is 355 g/mol. The maximum atomic E-state index is 11.7. The second-order valence-electron chi connectivity index (χ2n) is 5.76. The molecule has 23 heavy (non-hydrogen) atoms. The summed E-state index contributed by atoms with van der Waals surface area (Å²) in [5.41, 5.74) is 2.06. The molecular formula is C15H21N3O3S2. The number of methoxy groups -OCH3 is 1. The molecule has 1 aliphatic rings. The maximum Gasteiger partial charge on any atom is 0.211 e. The summed E-state index contributed by atoms with van der Waals surface area (Å²) < 4.78 is 31.5. The first kappa shape index (κ1) is 16.5. The number of aryl methyl sites for hydroxylation is 1. The van der Waals surface area contributed by atoms with E-state index in [0.717, 1.165) is 34.1 Å². The Hall–Kier alpha value is -1.38. The monoisotopic (exact) mass is 355 g/mol. The van der Waals surface area contributed by atoms with Crippen molar-refractivity contribution >= 4 is 36.7 Å². The van der Waals surface area contributed by atoms with Crippen LogP contribution in [0.3, 0.4) is 0 Å². The molecule has 1 fully saturated rings. The molecule has 0 saturated carbocycles. The van der Waals surface area contributed by atoms with Crippen molar-refractivity contribution in [2.75, 3.05) is 44.4 Å². The van der Waals surface area contributed by atoms with Crippen LogP contribution in [0.1, 0.15) is 12.0 Å².